The summed E-state index contributed by atoms with van der Waals surface area (Å²) >= 11 is 0. The van der Waals surface area contributed by atoms with Gasteiger partial charge in [0.2, 0.25) is 5.91 Å². The predicted octanol–water partition coefficient (Wildman–Crippen LogP) is 1.59. The molecule has 1 amide bonds. The zero-order valence-corrected chi connectivity index (χ0v) is 12.6. The van der Waals surface area contributed by atoms with Gasteiger partial charge in [-0.05, 0) is 49.1 Å². The van der Waals surface area contributed by atoms with Gasteiger partial charge in [0.15, 0.2) is 0 Å². The van der Waals surface area contributed by atoms with Crippen LogP contribution < -0.4 is 11.1 Å². The van der Waals surface area contributed by atoms with E-state index in [1.807, 2.05) is 6.20 Å². The third kappa shape index (κ3) is 2.39. The van der Waals surface area contributed by atoms with Crippen molar-refractivity contribution in [2.24, 2.45) is 23.5 Å². The molecule has 0 bridgehead atoms. The topological polar surface area (TPSA) is 83.8 Å². The number of carbonyl (C=O) groups is 1. The second-order valence-electron chi connectivity index (χ2n) is 6.82. The zero-order valence-electron chi connectivity index (χ0n) is 12.6. The van der Waals surface area contributed by atoms with E-state index >= 15 is 0 Å². The lowest BCUT2D eigenvalue weighted by atomic mass is 9.72. The number of hydrogen-bond donors (Lipinski definition) is 3. The number of fused-ring (bicyclic) bond motifs is 2. The summed E-state index contributed by atoms with van der Waals surface area (Å²) in [4.78, 5) is 12.3. The molecule has 4 atom stereocenters. The van der Waals surface area contributed by atoms with Crippen LogP contribution >= 0.6 is 0 Å². The van der Waals surface area contributed by atoms with Crippen LogP contribution in [0.2, 0.25) is 0 Å². The Kier molecular flexibility index (Phi) is 3.37. The van der Waals surface area contributed by atoms with Crippen molar-refractivity contribution in [1.82, 2.24) is 15.5 Å². The van der Waals surface area contributed by atoms with Crippen molar-refractivity contribution >= 4 is 16.8 Å². The Morgan fingerprint density at radius 3 is 3.09 bits per heavy atom. The highest BCUT2D eigenvalue weighted by Gasteiger charge is 2.47. The van der Waals surface area contributed by atoms with Gasteiger partial charge in [0, 0.05) is 23.9 Å². The van der Waals surface area contributed by atoms with Crippen LogP contribution in [0.4, 0.5) is 0 Å². The van der Waals surface area contributed by atoms with E-state index in [1.54, 1.807) is 0 Å². The maximum absolute atomic E-state index is 12.3. The lowest BCUT2D eigenvalue weighted by Gasteiger charge is -2.37. The molecule has 1 aromatic heterocycles. The Hall–Kier alpha value is -1.88. The quantitative estimate of drug-likeness (QED) is 0.801. The lowest BCUT2D eigenvalue weighted by molar-refractivity contribution is -0.124. The first-order chi connectivity index (χ1) is 10.7. The predicted molar refractivity (Wildman–Crippen MR) is 85.1 cm³/mol. The fraction of sp³-hybridized carbons (Fsp3) is 0.529. The van der Waals surface area contributed by atoms with E-state index in [1.165, 1.54) is 5.56 Å². The van der Waals surface area contributed by atoms with Crippen molar-refractivity contribution in [3.05, 3.63) is 30.0 Å². The Morgan fingerprint density at radius 1 is 1.36 bits per heavy atom. The average molecular weight is 298 g/mol. The molecular weight excluding hydrogens is 276 g/mol. The first kappa shape index (κ1) is 13.8. The van der Waals surface area contributed by atoms with Crippen molar-refractivity contribution in [2.45, 2.75) is 31.7 Å². The van der Waals surface area contributed by atoms with Crippen molar-refractivity contribution < 1.29 is 4.79 Å². The van der Waals surface area contributed by atoms with Crippen molar-refractivity contribution in [3.63, 3.8) is 0 Å². The third-order valence-electron chi connectivity index (χ3n) is 5.46. The van der Waals surface area contributed by atoms with Crippen LogP contribution in [0.1, 0.15) is 24.8 Å². The van der Waals surface area contributed by atoms with Crippen molar-refractivity contribution in [3.8, 4) is 0 Å². The smallest absolute Gasteiger partial charge is 0.223 e. The fourth-order valence-electron chi connectivity index (χ4n) is 4.11. The second-order valence-corrected chi connectivity index (χ2v) is 6.82. The molecule has 2 saturated carbocycles. The Morgan fingerprint density at radius 2 is 2.27 bits per heavy atom. The largest absolute Gasteiger partial charge is 0.356 e. The van der Waals surface area contributed by atoms with Crippen LogP contribution in [0.3, 0.4) is 0 Å². The second kappa shape index (κ2) is 5.39. The normalized spacial score (nSPS) is 30.0. The molecule has 4 rings (SSSR count). The minimum atomic E-state index is 0.179. The minimum absolute atomic E-state index is 0.179. The Balaban J connectivity index is 1.28. The minimum Gasteiger partial charge on any atom is -0.356 e. The molecular formula is C17H22N4O. The van der Waals surface area contributed by atoms with Crippen LogP contribution in [0.15, 0.2) is 24.4 Å². The Bertz CT molecular complexity index is 695. The zero-order chi connectivity index (χ0) is 15.1. The number of benzene rings is 1. The van der Waals surface area contributed by atoms with Crippen LogP contribution in [-0.2, 0) is 11.2 Å². The van der Waals surface area contributed by atoms with E-state index in [0.717, 1.165) is 36.6 Å². The highest BCUT2D eigenvalue weighted by atomic mass is 16.1. The van der Waals surface area contributed by atoms with E-state index in [2.05, 4.69) is 33.7 Å². The van der Waals surface area contributed by atoms with E-state index in [0.29, 0.717) is 24.4 Å². The van der Waals surface area contributed by atoms with E-state index in [9.17, 15) is 4.79 Å². The molecule has 2 aliphatic rings. The summed E-state index contributed by atoms with van der Waals surface area (Å²) in [6.45, 7) is 0.691. The highest BCUT2D eigenvalue weighted by Crippen LogP contribution is 2.48. The number of nitrogens with one attached hydrogen (secondary N) is 2. The van der Waals surface area contributed by atoms with Crippen LogP contribution in [0, 0.1) is 17.8 Å². The van der Waals surface area contributed by atoms with Gasteiger partial charge in [0.25, 0.3) is 0 Å². The number of carbonyl (C=O) groups excluding carboxylic acids is 1. The highest BCUT2D eigenvalue weighted by molar-refractivity contribution is 5.79. The molecule has 1 heterocycles. The van der Waals surface area contributed by atoms with Gasteiger partial charge in [-0.1, -0.05) is 12.1 Å². The van der Waals surface area contributed by atoms with Gasteiger partial charge in [0.05, 0.1) is 11.7 Å². The molecule has 2 fully saturated rings. The molecule has 0 radical (unpaired) electrons. The number of nitrogens with two attached hydrogens (primary N) is 1. The standard InChI is InChI=1S/C17H22N4O/c18-15-8-12-6-13(7-14(12)15)17(22)19-4-3-10-1-2-11-9-20-21-16(11)5-10/h1-2,5,9,12-15H,3-4,6-8,18H2,(H,19,22)(H,20,21)/t12-,13?,14-,15+/m0/s1. The van der Waals surface area contributed by atoms with Crippen molar-refractivity contribution in [1.29, 1.82) is 0 Å². The molecule has 4 N–H and O–H groups in total. The maximum atomic E-state index is 12.3. The lowest BCUT2D eigenvalue weighted by Crippen LogP contribution is -2.44. The molecule has 116 valence electrons. The molecule has 2 aliphatic carbocycles. The summed E-state index contributed by atoms with van der Waals surface area (Å²) in [7, 11) is 0. The van der Waals surface area contributed by atoms with E-state index in [4.69, 9.17) is 5.73 Å². The number of hydrogen-bond acceptors (Lipinski definition) is 3. The molecule has 2 aromatic rings. The molecule has 0 spiro atoms. The van der Waals surface area contributed by atoms with Gasteiger partial charge in [-0.15, -0.1) is 0 Å². The maximum Gasteiger partial charge on any atom is 0.223 e. The first-order valence-corrected chi connectivity index (χ1v) is 8.16. The van der Waals surface area contributed by atoms with Gasteiger partial charge in [-0.2, -0.15) is 5.10 Å². The summed E-state index contributed by atoms with van der Waals surface area (Å²) in [6.07, 6.45) is 5.79. The van der Waals surface area contributed by atoms with Crippen LogP contribution in [-0.4, -0.2) is 28.7 Å². The molecule has 22 heavy (non-hydrogen) atoms. The van der Waals surface area contributed by atoms with Gasteiger partial charge < -0.3 is 11.1 Å². The summed E-state index contributed by atoms with van der Waals surface area (Å²) in [5.41, 5.74) is 8.26. The van der Waals surface area contributed by atoms with Gasteiger partial charge in [-0.25, -0.2) is 0 Å². The third-order valence-corrected chi connectivity index (χ3v) is 5.46. The van der Waals surface area contributed by atoms with Gasteiger partial charge >= 0.3 is 0 Å². The summed E-state index contributed by atoms with van der Waals surface area (Å²) in [5.74, 6) is 1.69. The fourth-order valence-corrected chi connectivity index (χ4v) is 4.11. The number of aromatic amines is 1. The number of aromatic nitrogens is 2. The molecule has 1 unspecified atom stereocenters. The van der Waals surface area contributed by atoms with Gasteiger partial charge in [-0.3, -0.25) is 9.89 Å². The van der Waals surface area contributed by atoms with Crippen LogP contribution in [0.25, 0.3) is 10.9 Å². The number of H-pyrrole nitrogens is 1. The SMILES string of the molecule is N[C@@H]1C[C@@H]2CC(C(=O)NCCc3ccc4cn[nH]c4c3)C[C@@H]21. The summed E-state index contributed by atoms with van der Waals surface area (Å²) in [6, 6.07) is 6.60. The van der Waals surface area contributed by atoms with E-state index < -0.39 is 0 Å². The number of nitrogens with zero attached hydrogens (tertiary/aromatic N) is 1. The van der Waals surface area contributed by atoms with Crippen LogP contribution in [0.5, 0.6) is 0 Å². The van der Waals surface area contributed by atoms with Gasteiger partial charge in [0.1, 0.15) is 0 Å². The number of amides is 1. The monoisotopic (exact) mass is 298 g/mol. The molecule has 1 aromatic carbocycles. The van der Waals surface area contributed by atoms with Crippen molar-refractivity contribution in [2.75, 3.05) is 6.54 Å². The first-order valence-electron chi connectivity index (χ1n) is 8.16. The summed E-state index contributed by atoms with van der Waals surface area (Å²) < 4.78 is 0. The number of rotatable bonds is 4. The molecule has 0 aliphatic heterocycles. The Labute approximate surface area is 129 Å². The average Bonchev–Trinajstić information content (AvgIpc) is 3.10. The molecule has 5 heteroatoms. The summed E-state index contributed by atoms with van der Waals surface area (Å²) in [5, 5.41) is 11.2. The molecule has 5 nitrogen and oxygen atoms in total. The van der Waals surface area contributed by atoms with E-state index in [-0.39, 0.29) is 11.8 Å². The molecule has 0 saturated heterocycles.